The number of rotatable bonds is 9. The van der Waals surface area contributed by atoms with Crippen molar-refractivity contribution < 1.29 is 19.2 Å². The second kappa shape index (κ2) is 11.8. The van der Waals surface area contributed by atoms with Crippen molar-refractivity contribution in [1.82, 2.24) is 0 Å². The van der Waals surface area contributed by atoms with Crippen LogP contribution in [0.5, 0.6) is 11.5 Å². The molecular weight excluding hydrogens is 514 g/mol. The number of anilines is 1. The van der Waals surface area contributed by atoms with E-state index >= 15 is 0 Å². The zero-order valence-corrected chi connectivity index (χ0v) is 20.7. The van der Waals surface area contributed by atoms with Crippen molar-refractivity contribution in [2.24, 2.45) is 0 Å². The van der Waals surface area contributed by atoms with Crippen molar-refractivity contribution in [2.45, 2.75) is 20.5 Å². The summed E-state index contributed by atoms with van der Waals surface area (Å²) in [4.78, 5) is 23.0. The molecule has 0 saturated carbocycles. The summed E-state index contributed by atoms with van der Waals surface area (Å²) in [6.07, 6.45) is 1.47. The fourth-order valence-electron chi connectivity index (χ4n) is 3.18. The number of benzene rings is 3. The number of carbonyl (C=O) groups excluding carboxylic acids is 1. The van der Waals surface area contributed by atoms with Gasteiger partial charge in [0.15, 0.2) is 11.5 Å². The first-order valence-electron chi connectivity index (χ1n) is 10.6. The summed E-state index contributed by atoms with van der Waals surface area (Å²) in [5, 5.41) is 23.1. The third kappa shape index (κ3) is 6.91. The molecule has 3 aromatic rings. The van der Waals surface area contributed by atoms with Crippen LogP contribution in [0, 0.1) is 28.4 Å². The van der Waals surface area contributed by atoms with E-state index in [1.165, 1.54) is 18.2 Å². The van der Waals surface area contributed by atoms with Gasteiger partial charge in [0.05, 0.1) is 16.0 Å². The van der Waals surface area contributed by atoms with E-state index in [0.717, 1.165) is 11.1 Å². The van der Waals surface area contributed by atoms with Crippen molar-refractivity contribution in [3.63, 3.8) is 0 Å². The van der Waals surface area contributed by atoms with Crippen LogP contribution in [0.3, 0.4) is 0 Å². The van der Waals surface area contributed by atoms with E-state index in [1.54, 1.807) is 30.3 Å². The van der Waals surface area contributed by atoms with E-state index < -0.39 is 10.8 Å². The van der Waals surface area contributed by atoms with Crippen molar-refractivity contribution in [2.75, 3.05) is 11.9 Å². The number of non-ortho nitro benzene ring substituents is 1. The number of hydrogen-bond donors (Lipinski definition) is 1. The fraction of sp³-hybridized carbons (Fsp3) is 0.154. The van der Waals surface area contributed by atoms with Crippen LogP contribution in [-0.4, -0.2) is 17.4 Å². The minimum absolute atomic E-state index is 0.000749. The first kappa shape index (κ1) is 25.5. The van der Waals surface area contributed by atoms with E-state index in [4.69, 9.17) is 9.47 Å². The summed E-state index contributed by atoms with van der Waals surface area (Å²) >= 11 is 3.48. The van der Waals surface area contributed by atoms with Crippen LogP contribution in [0.4, 0.5) is 11.4 Å². The number of amides is 1. The lowest BCUT2D eigenvalue weighted by Gasteiger charge is -2.15. The van der Waals surface area contributed by atoms with Gasteiger partial charge in [-0.3, -0.25) is 14.9 Å². The number of nitriles is 1. The highest BCUT2D eigenvalue weighted by atomic mass is 79.9. The molecule has 0 aliphatic heterocycles. The van der Waals surface area contributed by atoms with E-state index in [9.17, 15) is 20.2 Å². The molecule has 0 fully saturated rings. The zero-order chi connectivity index (χ0) is 25.4. The van der Waals surface area contributed by atoms with Gasteiger partial charge in [0.2, 0.25) is 0 Å². The quantitative estimate of drug-likeness (QED) is 0.151. The predicted molar refractivity (Wildman–Crippen MR) is 136 cm³/mol. The van der Waals surface area contributed by atoms with Crippen LogP contribution in [-0.2, 0) is 11.4 Å². The Morgan fingerprint density at radius 1 is 1.17 bits per heavy atom. The Balaban J connectivity index is 1.82. The predicted octanol–water partition coefficient (Wildman–Crippen LogP) is 6.19. The molecule has 0 aromatic heterocycles. The van der Waals surface area contributed by atoms with Gasteiger partial charge < -0.3 is 14.8 Å². The number of nitrogens with zero attached hydrogens (tertiary/aromatic N) is 2. The molecule has 35 heavy (non-hydrogen) atoms. The first-order valence-corrected chi connectivity index (χ1v) is 11.4. The summed E-state index contributed by atoms with van der Waals surface area (Å²) in [5.74, 6) is 0.335. The largest absolute Gasteiger partial charge is 0.490 e. The number of ether oxygens (including phenoxy) is 2. The molecule has 0 saturated heterocycles. The normalized spacial score (nSPS) is 10.9. The zero-order valence-electron chi connectivity index (χ0n) is 19.1. The molecule has 0 spiro atoms. The number of hydrogen-bond acceptors (Lipinski definition) is 6. The Kier molecular flexibility index (Phi) is 8.59. The van der Waals surface area contributed by atoms with Crippen LogP contribution < -0.4 is 14.8 Å². The molecule has 8 nitrogen and oxygen atoms in total. The van der Waals surface area contributed by atoms with Gasteiger partial charge in [-0.05, 0) is 88.9 Å². The summed E-state index contributed by atoms with van der Waals surface area (Å²) in [6, 6.07) is 18.7. The van der Waals surface area contributed by atoms with E-state index in [-0.39, 0.29) is 17.9 Å². The molecule has 3 aromatic carbocycles. The lowest BCUT2D eigenvalue weighted by molar-refractivity contribution is -0.384. The van der Waals surface area contributed by atoms with Gasteiger partial charge in [-0.1, -0.05) is 12.1 Å². The molecule has 0 heterocycles. The molecule has 178 valence electrons. The smallest absolute Gasteiger partial charge is 0.269 e. The van der Waals surface area contributed by atoms with Crippen LogP contribution in [0.15, 0.2) is 70.7 Å². The van der Waals surface area contributed by atoms with Crippen LogP contribution in [0.25, 0.3) is 6.08 Å². The van der Waals surface area contributed by atoms with Gasteiger partial charge in [-0.2, -0.15) is 5.26 Å². The second-order valence-electron chi connectivity index (χ2n) is 7.47. The maximum Gasteiger partial charge on any atom is 0.269 e. The minimum atomic E-state index is -0.523. The number of nitrogens with one attached hydrogen (secondary N) is 1. The minimum Gasteiger partial charge on any atom is -0.490 e. The van der Waals surface area contributed by atoms with Gasteiger partial charge in [-0.15, -0.1) is 0 Å². The van der Waals surface area contributed by atoms with E-state index in [2.05, 4.69) is 21.2 Å². The highest BCUT2D eigenvalue weighted by Gasteiger charge is 2.15. The molecule has 0 atom stereocenters. The molecule has 1 amide bonds. The number of nitro benzene ring substituents is 1. The Bertz CT molecular complexity index is 1310. The average molecular weight is 536 g/mol. The molecule has 3 rings (SSSR count). The third-order valence-corrected chi connectivity index (χ3v) is 5.40. The molecular formula is C26H22BrN3O5. The number of aryl methyl sites for hydroxylation is 1. The molecule has 1 N–H and O–H groups in total. The van der Waals surface area contributed by atoms with E-state index in [1.807, 2.05) is 38.1 Å². The monoisotopic (exact) mass is 535 g/mol. The third-order valence-electron chi connectivity index (χ3n) is 4.81. The lowest BCUT2D eigenvalue weighted by atomic mass is 10.1. The highest BCUT2D eigenvalue weighted by Crippen LogP contribution is 2.38. The Hall–Kier alpha value is -4.16. The fourth-order valence-corrected chi connectivity index (χ4v) is 3.75. The standard InChI is InChI=1S/C26H22BrN3O5/c1-3-34-24-14-19(12-20(15-28)26(31)29-21-6-4-5-17(2)11-21)13-23(27)25(24)35-16-18-7-9-22(10-8-18)30(32)33/h4-14H,3,16H2,1-2H3,(H,29,31)/b20-12-. The molecule has 0 radical (unpaired) electrons. The second-order valence-corrected chi connectivity index (χ2v) is 8.32. The number of halogens is 1. The van der Waals surface area contributed by atoms with Crippen molar-refractivity contribution in [3.8, 4) is 17.6 Å². The van der Waals surface area contributed by atoms with Gasteiger partial charge in [0.1, 0.15) is 18.2 Å². The van der Waals surface area contributed by atoms with Crippen LogP contribution >= 0.6 is 15.9 Å². The van der Waals surface area contributed by atoms with E-state index in [0.29, 0.717) is 33.8 Å². The highest BCUT2D eigenvalue weighted by molar-refractivity contribution is 9.10. The number of carbonyl (C=O) groups is 1. The average Bonchev–Trinajstić information content (AvgIpc) is 2.82. The SMILES string of the molecule is CCOc1cc(/C=C(/C#N)C(=O)Nc2cccc(C)c2)cc(Br)c1OCc1ccc([N+](=O)[O-])cc1. The molecule has 9 heteroatoms. The Morgan fingerprint density at radius 3 is 2.54 bits per heavy atom. The van der Waals surface area contributed by atoms with Gasteiger partial charge >= 0.3 is 0 Å². The van der Waals surface area contributed by atoms with Gasteiger partial charge in [0, 0.05) is 17.8 Å². The topological polar surface area (TPSA) is 114 Å². The molecule has 0 aliphatic carbocycles. The van der Waals surface area contributed by atoms with Crippen molar-refractivity contribution in [3.05, 3.63) is 97.5 Å². The molecule has 0 unspecified atom stereocenters. The summed E-state index contributed by atoms with van der Waals surface area (Å²) in [7, 11) is 0. The molecule has 0 bridgehead atoms. The van der Waals surface area contributed by atoms with Gasteiger partial charge in [0.25, 0.3) is 11.6 Å². The van der Waals surface area contributed by atoms with Crippen molar-refractivity contribution >= 4 is 39.3 Å². The maximum absolute atomic E-state index is 12.6. The summed E-state index contributed by atoms with van der Waals surface area (Å²) < 4.78 is 12.2. The lowest BCUT2D eigenvalue weighted by Crippen LogP contribution is -2.13. The maximum atomic E-state index is 12.6. The summed E-state index contributed by atoms with van der Waals surface area (Å²) in [6.45, 7) is 4.27. The Labute approximate surface area is 211 Å². The Morgan fingerprint density at radius 2 is 1.91 bits per heavy atom. The van der Waals surface area contributed by atoms with Gasteiger partial charge in [-0.25, -0.2) is 0 Å². The molecule has 0 aliphatic rings. The van der Waals surface area contributed by atoms with Crippen LogP contribution in [0.1, 0.15) is 23.6 Å². The summed E-state index contributed by atoms with van der Waals surface area (Å²) in [5.41, 5.74) is 2.83. The first-order chi connectivity index (χ1) is 16.8. The number of nitro groups is 1. The van der Waals surface area contributed by atoms with Crippen molar-refractivity contribution in [1.29, 1.82) is 5.26 Å². The van der Waals surface area contributed by atoms with Crippen LogP contribution in [0.2, 0.25) is 0 Å².